The number of anilines is 2. The van der Waals surface area contributed by atoms with Crippen molar-refractivity contribution < 1.29 is 13.6 Å². The first-order valence-corrected chi connectivity index (χ1v) is 8.69. The fourth-order valence-corrected chi connectivity index (χ4v) is 3.51. The summed E-state index contributed by atoms with van der Waals surface area (Å²) in [5.41, 5.74) is -0.0496. The number of thioether (sulfide) groups is 1. The van der Waals surface area contributed by atoms with Gasteiger partial charge < -0.3 is 10.6 Å². The molecule has 1 atom stereocenters. The van der Waals surface area contributed by atoms with Crippen LogP contribution in [0.3, 0.4) is 0 Å². The van der Waals surface area contributed by atoms with Crippen LogP contribution in [-0.4, -0.2) is 27.9 Å². The second kappa shape index (κ2) is 8.21. The van der Waals surface area contributed by atoms with Crippen LogP contribution in [0.4, 0.5) is 19.6 Å². The normalized spacial score (nSPS) is 12.0. The van der Waals surface area contributed by atoms with Crippen molar-refractivity contribution >= 4 is 39.8 Å². The zero-order valence-electron chi connectivity index (χ0n) is 12.6. The Labute approximate surface area is 140 Å². The average molecular weight is 358 g/mol. The Kier molecular flexibility index (Phi) is 6.28. The van der Waals surface area contributed by atoms with E-state index in [4.69, 9.17) is 0 Å². The van der Waals surface area contributed by atoms with E-state index in [1.54, 1.807) is 6.92 Å². The third-order valence-electron chi connectivity index (χ3n) is 2.77. The third-order valence-corrected chi connectivity index (χ3v) is 4.83. The van der Waals surface area contributed by atoms with Gasteiger partial charge in [-0.05, 0) is 25.5 Å². The molecule has 0 unspecified atom stereocenters. The molecule has 1 aromatic heterocycles. The first kappa shape index (κ1) is 17.6. The van der Waals surface area contributed by atoms with Gasteiger partial charge in [-0.15, -0.1) is 10.2 Å². The predicted molar refractivity (Wildman–Crippen MR) is 89.0 cm³/mol. The highest BCUT2D eigenvalue weighted by Gasteiger charge is 2.18. The Balaban J connectivity index is 1.93. The van der Waals surface area contributed by atoms with Gasteiger partial charge in [-0.2, -0.15) is 0 Å². The number of nitrogens with one attached hydrogen (secondary N) is 2. The number of amides is 1. The average Bonchev–Trinajstić information content (AvgIpc) is 2.95. The first-order chi connectivity index (χ1) is 11.0. The molecule has 0 spiro atoms. The summed E-state index contributed by atoms with van der Waals surface area (Å²) >= 11 is 2.59. The highest BCUT2D eigenvalue weighted by molar-refractivity contribution is 8.02. The Bertz CT molecular complexity index is 681. The summed E-state index contributed by atoms with van der Waals surface area (Å²) in [5.74, 6) is -1.89. The molecule has 0 aliphatic carbocycles. The van der Waals surface area contributed by atoms with Gasteiger partial charge in [0.15, 0.2) is 4.34 Å². The lowest BCUT2D eigenvalue weighted by Gasteiger charge is -2.10. The van der Waals surface area contributed by atoms with Crippen LogP contribution in [-0.2, 0) is 4.79 Å². The fraction of sp³-hybridized carbons (Fsp3) is 0.357. The minimum Gasteiger partial charge on any atom is -0.360 e. The number of hydrogen-bond donors (Lipinski definition) is 2. The highest BCUT2D eigenvalue weighted by Crippen LogP contribution is 2.29. The molecular formula is C14H16F2N4OS2. The molecule has 0 saturated carbocycles. The maximum absolute atomic E-state index is 13.5. The van der Waals surface area contributed by atoms with E-state index < -0.39 is 22.8 Å². The van der Waals surface area contributed by atoms with Crippen LogP contribution < -0.4 is 10.6 Å². The fourth-order valence-electron chi connectivity index (χ4n) is 1.59. The van der Waals surface area contributed by atoms with Crippen molar-refractivity contribution in [1.82, 2.24) is 10.2 Å². The second-order valence-electron chi connectivity index (χ2n) is 4.67. The van der Waals surface area contributed by atoms with Crippen molar-refractivity contribution in [2.75, 3.05) is 17.2 Å². The van der Waals surface area contributed by atoms with Gasteiger partial charge in [0.25, 0.3) is 0 Å². The standard InChI is InChI=1S/C14H16F2N4OS2/c1-3-6-17-13-19-20-14(23-13)22-8(2)12(21)18-11-5-4-9(15)7-10(11)16/h4-5,7-8H,3,6H2,1-2H3,(H,17,19)(H,18,21)/t8-/m0/s1. The SMILES string of the molecule is CCCNc1nnc(S[C@@H](C)C(=O)Nc2ccc(F)cc2F)s1. The lowest BCUT2D eigenvalue weighted by Crippen LogP contribution is -2.22. The Hall–Kier alpha value is -1.74. The first-order valence-electron chi connectivity index (χ1n) is 6.99. The molecule has 0 radical (unpaired) electrons. The number of carbonyl (C=O) groups excluding carboxylic acids is 1. The molecule has 0 aliphatic heterocycles. The molecule has 0 bridgehead atoms. The van der Waals surface area contributed by atoms with Crippen LogP contribution in [0.25, 0.3) is 0 Å². The largest absolute Gasteiger partial charge is 0.360 e. The van der Waals surface area contributed by atoms with Gasteiger partial charge in [0, 0.05) is 12.6 Å². The molecule has 0 aliphatic rings. The molecule has 2 aromatic rings. The molecule has 1 aromatic carbocycles. The van der Waals surface area contributed by atoms with Gasteiger partial charge in [-0.1, -0.05) is 30.0 Å². The number of carbonyl (C=O) groups is 1. The molecule has 5 nitrogen and oxygen atoms in total. The van der Waals surface area contributed by atoms with Crippen molar-refractivity contribution in [3.63, 3.8) is 0 Å². The van der Waals surface area contributed by atoms with Gasteiger partial charge in [0.1, 0.15) is 11.6 Å². The number of hydrogen-bond acceptors (Lipinski definition) is 6. The van der Waals surface area contributed by atoms with Crippen molar-refractivity contribution in [3.05, 3.63) is 29.8 Å². The molecule has 1 amide bonds. The lowest BCUT2D eigenvalue weighted by molar-refractivity contribution is -0.115. The van der Waals surface area contributed by atoms with E-state index in [1.807, 2.05) is 6.92 Å². The van der Waals surface area contributed by atoms with Crippen molar-refractivity contribution in [3.8, 4) is 0 Å². The Morgan fingerprint density at radius 1 is 1.39 bits per heavy atom. The summed E-state index contributed by atoms with van der Waals surface area (Å²) in [5, 5.41) is 13.7. The maximum atomic E-state index is 13.5. The van der Waals surface area contributed by atoms with Crippen molar-refractivity contribution in [1.29, 1.82) is 0 Å². The zero-order valence-corrected chi connectivity index (χ0v) is 14.2. The number of halogens is 2. The Morgan fingerprint density at radius 2 is 2.17 bits per heavy atom. The summed E-state index contributed by atoms with van der Waals surface area (Å²) in [6, 6.07) is 3.01. The summed E-state index contributed by atoms with van der Waals surface area (Å²) in [6.07, 6.45) is 0.976. The van der Waals surface area contributed by atoms with E-state index in [0.29, 0.717) is 9.47 Å². The van der Waals surface area contributed by atoms with Gasteiger partial charge in [-0.25, -0.2) is 8.78 Å². The second-order valence-corrected chi connectivity index (χ2v) is 7.24. The van der Waals surface area contributed by atoms with Crippen LogP contribution in [0.5, 0.6) is 0 Å². The van der Waals surface area contributed by atoms with E-state index in [0.717, 1.165) is 25.1 Å². The molecule has 1 heterocycles. The van der Waals surface area contributed by atoms with Gasteiger partial charge in [-0.3, -0.25) is 4.79 Å². The minimum atomic E-state index is -0.808. The topological polar surface area (TPSA) is 66.9 Å². The number of benzene rings is 1. The van der Waals surface area contributed by atoms with Gasteiger partial charge in [0.05, 0.1) is 10.9 Å². The molecule has 23 heavy (non-hydrogen) atoms. The number of nitrogens with zero attached hydrogens (tertiary/aromatic N) is 2. The monoisotopic (exact) mass is 358 g/mol. The zero-order chi connectivity index (χ0) is 16.8. The molecule has 2 rings (SSSR count). The van der Waals surface area contributed by atoms with Crippen LogP contribution in [0, 0.1) is 11.6 Å². The van der Waals surface area contributed by atoms with Crippen LogP contribution in [0.1, 0.15) is 20.3 Å². The van der Waals surface area contributed by atoms with Crippen molar-refractivity contribution in [2.45, 2.75) is 29.9 Å². The van der Waals surface area contributed by atoms with E-state index in [2.05, 4.69) is 20.8 Å². The lowest BCUT2D eigenvalue weighted by atomic mass is 10.3. The van der Waals surface area contributed by atoms with Crippen LogP contribution >= 0.6 is 23.1 Å². The minimum absolute atomic E-state index is 0.0496. The molecule has 0 fully saturated rings. The van der Waals surface area contributed by atoms with Crippen LogP contribution in [0.2, 0.25) is 0 Å². The number of aromatic nitrogens is 2. The Morgan fingerprint density at radius 3 is 2.87 bits per heavy atom. The van der Waals surface area contributed by atoms with E-state index in [9.17, 15) is 13.6 Å². The summed E-state index contributed by atoms with van der Waals surface area (Å²) in [4.78, 5) is 12.1. The summed E-state index contributed by atoms with van der Waals surface area (Å²) in [7, 11) is 0. The maximum Gasteiger partial charge on any atom is 0.237 e. The quantitative estimate of drug-likeness (QED) is 0.738. The third kappa shape index (κ3) is 5.14. The van der Waals surface area contributed by atoms with E-state index in [-0.39, 0.29) is 5.69 Å². The summed E-state index contributed by atoms with van der Waals surface area (Å²) in [6.45, 7) is 4.53. The van der Waals surface area contributed by atoms with Gasteiger partial charge in [0.2, 0.25) is 11.0 Å². The van der Waals surface area contributed by atoms with Crippen LogP contribution in [0.15, 0.2) is 22.5 Å². The van der Waals surface area contributed by atoms with Gasteiger partial charge >= 0.3 is 0 Å². The molecule has 2 N–H and O–H groups in total. The predicted octanol–water partition coefficient (Wildman–Crippen LogP) is 3.76. The summed E-state index contributed by atoms with van der Waals surface area (Å²) < 4.78 is 27.0. The number of rotatable bonds is 7. The van der Waals surface area contributed by atoms with E-state index >= 15 is 0 Å². The molecule has 0 saturated heterocycles. The molecular weight excluding hydrogens is 342 g/mol. The van der Waals surface area contributed by atoms with Crippen molar-refractivity contribution in [2.24, 2.45) is 0 Å². The smallest absolute Gasteiger partial charge is 0.237 e. The molecule has 124 valence electrons. The molecule has 9 heteroatoms. The highest BCUT2D eigenvalue weighted by atomic mass is 32.2. The van der Waals surface area contributed by atoms with E-state index in [1.165, 1.54) is 29.2 Å².